The number of imidazole rings is 1. The van der Waals surface area contributed by atoms with E-state index in [0.717, 1.165) is 10.0 Å². The first kappa shape index (κ1) is 11.7. The van der Waals surface area contributed by atoms with Crippen LogP contribution in [0.1, 0.15) is 10.5 Å². The van der Waals surface area contributed by atoms with Crippen molar-refractivity contribution < 1.29 is 14.6 Å². The normalized spacial score (nSPS) is 10.2. The summed E-state index contributed by atoms with van der Waals surface area (Å²) in [6, 6.07) is 5.39. The Bertz CT molecular complexity index is 566. The number of aromatic carboxylic acids is 1. The number of halogens is 1. The van der Waals surface area contributed by atoms with Gasteiger partial charge in [0.05, 0.1) is 17.8 Å². The van der Waals surface area contributed by atoms with Gasteiger partial charge in [-0.3, -0.25) is 0 Å². The van der Waals surface area contributed by atoms with Gasteiger partial charge in [-0.15, -0.1) is 0 Å². The molecule has 0 aliphatic heterocycles. The van der Waals surface area contributed by atoms with Gasteiger partial charge in [-0.05, 0) is 34.1 Å². The molecule has 1 aromatic carbocycles. The van der Waals surface area contributed by atoms with Gasteiger partial charge >= 0.3 is 5.97 Å². The fourth-order valence-electron chi connectivity index (χ4n) is 1.39. The van der Waals surface area contributed by atoms with E-state index in [0.29, 0.717) is 11.6 Å². The number of carboxylic acid groups (broad SMARTS) is 1. The summed E-state index contributed by atoms with van der Waals surface area (Å²) in [5.41, 5.74) is 0.845. The second-order valence-electron chi connectivity index (χ2n) is 3.30. The molecule has 5 nitrogen and oxygen atoms in total. The monoisotopic (exact) mass is 296 g/mol. The number of hydrogen-bond acceptors (Lipinski definition) is 3. The predicted molar refractivity (Wildman–Crippen MR) is 65.2 cm³/mol. The van der Waals surface area contributed by atoms with Crippen LogP contribution in [-0.2, 0) is 0 Å². The van der Waals surface area contributed by atoms with Crippen LogP contribution in [0.4, 0.5) is 0 Å². The van der Waals surface area contributed by atoms with E-state index in [2.05, 4.69) is 25.9 Å². The molecule has 0 fully saturated rings. The van der Waals surface area contributed by atoms with Gasteiger partial charge in [0.25, 0.3) is 0 Å². The molecule has 0 aliphatic carbocycles. The Labute approximate surface area is 106 Å². The van der Waals surface area contributed by atoms with Crippen LogP contribution in [0.5, 0.6) is 5.75 Å². The van der Waals surface area contributed by atoms with Crippen LogP contribution in [0.25, 0.3) is 11.4 Å². The molecule has 2 rings (SSSR count). The second-order valence-corrected chi connectivity index (χ2v) is 4.15. The lowest BCUT2D eigenvalue weighted by atomic mass is 10.2. The maximum Gasteiger partial charge on any atom is 0.353 e. The molecule has 1 heterocycles. The van der Waals surface area contributed by atoms with Gasteiger partial charge in [0.2, 0.25) is 0 Å². The van der Waals surface area contributed by atoms with E-state index in [-0.39, 0.29) is 5.69 Å². The van der Waals surface area contributed by atoms with Crippen LogP contribution < -0.4 is 4.74 Å². The summed E-state index contributed by atoms with van der Waals surface area (Å²) in [7, 11) is 1.58. The Hall–Kier alpha value is -1.82. The number of ether oxygens (including phenoxy) is 1. The first-order chi connectivity index (χ1) is 8.11. The molecule has 2 aromatic rings. The molecule has 88 valence electrons. The summed E-state index contributed by atoms with van der Waals surface area (Å²) >= 11 is 3.36. The van der Waals surface area contributed by atoms with E-state index >= 15 is 0 Å². The van der Waals surface area contributed by atoms with Crippen molar-refractivity contribution >= 4 is 21.9 Å². The zero-order valence-corrected chi connectivity index (χ0v) is 10.5. The Morgan fingerprint density at radius 1 is 1.53 bits per heavy atom. The van der Waals surface area contributed by atoms with Crippen molar-refractivity contribution in [1.82, 2.24) is 9.97 Å². The van der Waals surface area contributed by atoms with Gasteiger partial charge in [0, 0.05) is 5.56 Å². The zero-order chi connectivity index (χ0) is 12.4. The molecule has 0 unspecified atom stereocenters. The highest BCUT2D eigenvalue weighted by molar-refractivity contribution is 9.10. The lowest BCUT2D eigenvalue weighted by Gasteiger charge is -2.04. The van der Waals surface area contributed by atoms with E-state index in [1.165, 1.54) is 6.20 Å². The highest BCUT2D eigenvalue weighted by Crippen LogP contribution is 2.29. The van der Waals surface area contributed by atoms with Crippen molar-refractivity contribution in [2.45, 2.75) is 0 Å². The van der Waals surface area contributed by atoms with Crippen LogP contribution in [0.2, 0.25) is 0 Å². The van der Waals surface area contributed by atoms with Crippen LogP contribution >= 0.6 is 15.9 Å². The molecule has 1 aromatic heterocycles. The SMILES string of the molecule is COc1ccc(-c2ncc(C(=O)O)[nH]2)cc1Br. The number of nitrogens with one attached hydrogen (secondary N) is 1. The van der Waals surface area contributed by atoms with E-state index in [9.17, 15) is 4.79 Å². The first-order valence-corrected chi connectivity index (χ1v) is 5.53. The third-order valence-electron chi connectivity index (χ3n) is 2.23. The minimum absolute atomic E-state index is 0.0620. The minimum Gasteiger partial charge on any atom is -0.496 e. The van der Waals surface area contributed by atoms with Gasteiger partial charge in [-0.2, -0.15) is 0 Å². The predicted octanol–water partition coefficient (Wildman–Crippen LogP) is 2.55. The minimum atomic E-state index is -1.03. The fourth-order valence-corrected chi connectivity index (χ4v) is 1.93. The number of H-pyrrole nitrogens is 1. The number of benzene rings is 1. The van der Waals surface area contributed by atoms with Crippen LogP contribution in [0.15, 0.2) is 28.9 Å². The molecule has 0 saturated heterocycles. The van der Waals surface area contributed by atoms with Gasteiger partial charge in [0.1, 0.15) is 17.3 Å². The zero-order valence-electron chi connectivity index (χ0n) is 8.90. The Kier molecular flexibility index (Phi) is 3.14. The number of carbonyl (C=O) groups is 1. The van der Waals surface area contributed by atoms with Gasteiger partial charge in [-0.1, -0.05) is 0 Å². The van der Waals surface area contributed by atoms with E-state index in [1.54, 1.807) is 19.2 Å². The summed E-state index contributed by atoms with van der Waals surface area (Å²) in [5.74, 6) is 0.181. The number of aromatic nitrogens is 2. The van der Waals surface area contributed by atoms with Gasteiger partial charge < -0.3 is 14.8 Å². The van der Waals surface area contributed by atoms with Crippen molar-refractivity contribution in [2.24, 2.45) is 0 Å². The number of carboxylic acids is 1. The average Bonchev–Trinajstić information content (AvgIpc) is 2.78. The summed E-state index contributed by atoms with van der Waals surface area (Å²) in [5, 5.41) is 8.78. The molecule has 0 bridgehead atoms. The molecule has 0 radical (unpaired) electrons. The Morgan fingerprint density at radius 2 is 2.29 bits per heavy atom. The third kappa shape index (κ3) is 2.31. The molecule has 0 saturated carbocycles. The number of nitrogens with zero attached hydrogens (tertiary/aromatic N) is 1. The quantitative estimate of drug-likeness (QED) is 0.913. The smallest absolute Gasteiger partial charge is 0.353 e. The maximum atomic E-state index is 10.7. The number of rotatable bonds is 3. The van der Waals surface area contributed by atoms with E-state index < -0.39 is 5.97 Å². The second kappa shape index (κ2) is 4.58. The van der Waals surface area contributed by atoms with Crippen molar-refractivity contribution in [2.75, 3.05) is 7.11 Å². The first-order valence-electron chi connectivity index (χ1n) is 4.74. The number of hydrogen-bond donors (Lipinski definition) is 2. The molecule has 6 heteroatoms. The van der Waals surface area contributed by atoms with Crippen LogP contribution in [-0.4, -0.2) is 28.2 Å². The third-order valence-corrected chi connectivity index (χ3v) is 2.85. The summed E-state index contributed by atoms with van der Waals surface area (Å²) in [6.07, 6.45) is 1.29. The van der Waals surface area contributed by atoms with Crippen molar-refractivity contribution in [3.8, 4) is 17.1 Å². The summed E-state index contributed by atoms with van der Waals surface area (Å²) in [6.45, 7) is 0. The van der Waals surface area contributed by atoms with Crippen molar-refractivity contribution in [3.05, 3.63) is 34.6 Å². The molecule has 0 atom stereocenters. The standard InChI is InChI=1S/C11H9BrN2O3/c1-17-9-3-2-6(4-7(9)12)10-13-5-8(14-10)11(15)16/h2-5H,1H3,(H,13,14)(H,15,16). The van der Waals surface area contributed by atoms with Crippen molar-refractivity contribution in [1.29, 1.82) is 0 Å². The molecule has 0 spiro atoms. The largest absolute Gasteiger partial charge is 0.496 e. The molecule has 2 N–H and O–H groups in total. The van der Waals surface area contributed by atoms with Crippen LogP contribution in [0.3, 0.4) is 0 Å². The molecule has 0 aliphatic rings. The lowest BCUT2D eigenvalue weighted by molar-refractivity contribution is 0.0691. The average molecular weight is 297 g/mol. The highest BCUT2D eigenvalue weighted by Gasteiger charge is 2.10. The van der Waals surface area contributed by atoms with Gasteiger partial charge in [0.15, 0.2) is 0 Å². The number of aromatic amines is 1. The highest BCUT2D eigenvalue weighted by atomic mass is 79.9. The number of methoxy groups -OCH3 is 1. The van der Waals surface area contributed by atoms with Crippen molar-refractivity contribution in [3.63, 3.8) is 0 Å². The Balaban J connectivity index is 2.39. The van der Waals surface area contributed by atoms with Gasteiger partial charge in [-0.25, -0.2) is 9.78 Å². The Morgan fingerprint density at radius 3 is 2.82 bits per heavy atom. The lowest BCUT2D eigenvalue weighted by Crippen LogP contribution is -1.95. The van der Waals surface area contributed by atoms with E-state index in [1.807, 2.05) is 6.07 Å². The summed E-state index contributed by atoms with van der Waals surface area (Å²) in [4.78, 5) is 17.4. The van der Waals surface area contributed by atoms with Crippen LogP contribution in [0, 0.1) is 0 Å². The molecule has 0 amide bonds. The fraction of sp³-hybridized carbons (Fsp3) is 0.0909. The summed E-state index contributed by atoms with van der Waals surface area (Å²) < 4.78 is 5.89. The maximum absolute atomic E-state index is 10.7. The topological polar surface area (TPSA) is 75.2 Å². The van der Waals surface area contributed by atoms with E-state index in [4.69, 9.17) is 9.84 Å². The molecule has 17 heavy (non-hydrogen) atoms. The molecular weight excluding hydrogens is 288 g/mol. The molecular formula is C11H9BrN2O3.